The van der Waals surface area contributed by atoms with E-state index in [9.17, 15) is 29.1 Å². The van der Waals surface area contributed by atoms with Crippen LogP contribution in [0.2, 0.25) is 0 Å². The lowest BCUT2D eigenvalue weighted by Gasteiger charge is -2.27. The lowest BCUT2D eigenvalue weighted by atomic mass is 9.97. The molecule has 0 bridgehead atoms. The van der Waals surface area contributed by atoms with E-state index in [0.29, 0.717) is 12.0 Å². The smallest absolute Gasteiger partial charge is 0.326 e. The van der Waals surface area contributed by atoms with Gasteiger partial charge in [0, 0.05) is 12.8 Å². The second kappa shape index (κ2) is 13.8. The zero-order valence-corrected chi connectivity index (χ0v) is 18.7. The second-order valence-corrected chi connectivity index (χ2v) is 7.72. The van der Waals surface area contributed by atoms with Crippen LogP contribution in [0.1, 0.15) is 38.7 Å². The second-order valence-electron chi connectivity index (χ2n) is 7.72. The molecule has 0 radical (unpaired) electrons. The molecule has 1 aromatic carbocycles. The van der Waals surface area contributed by atoms with E-state index in [0.717, 1.165) is 0 Å². The number of carboxylic acid groups (broad SMARTS) is 2. The average Bonchev–Trinajstić information content (AvgIpc) is 2.79. The predicted octanol–water partition coefficient (Wildman–Crippen LogP) is -0.362. The van der Waals surface area contributed by atoms with Crippen LogP contribution >= 0.6 is 0 Å². The van der Waals surface area contributed by atoms with E-state index in [4.69, 9.17) is 10.8 Å². The summed E-state index contributed by atoms with van der Waals surface area (Å²) in [5.41, 5.74) is 5.99. The molecule has 0 aliphatic rings. The molecule has 1 rings (SSSR count). The molecule has 33 heavy (non-hydrogen) atoms. The summed E-state index contributed by atoms with van der Waals surface area (Å²) in [6.45, 7) is 3.21. The Kier molecular flexibility index (Phi) is 11.6. The largest absolute Gasteiger partial charge is 0.481 e. The van der Waals surface area contributed by atoms with Gasteiger partial charge in [0.15, 0.2) is 0 Å². The van der Waals surface area contributed by atoms with Crippen LogP contribution < -0.4 is 21.7 Å². The molecule has 0 spiro atoms. The maximum absolute atomic E-state index is 12.9. The number of hydrogen-bond acceptors (Lipinski definition) is 6. The Bertz CT molecular complexity index is 831. The van der Waals surface area contributed by atoms with Gasteiger partial charge in [-0.1, -0.05) is 50.6 Å². The highest BCUT2D eigenvalue weighted by molar-refractivity contribution is 5.94. The molecule has 0 saturated carbocycles. The van der Waals surface area contributed by atoms with Gasteiger partial charge in [-0.15, -0.1) is 0 Å². The van der Waals surface area contributed by atoms with Crippen LogP contribution in [-0.2, 0) is 30.4 Å². The van der Waals surface area contributed by atoms with Gasteiger partial charge >= 0.3 is 11.9 Å². The van der Waals surface area contributed by atoms with Gasteiger partial charge in [-0.25, -0.2) is 4.79 Å². The van der Waals surface area contributed by atoms with Crippen LogP contribution in [0, 0.1) is 5.92 Å². The Morgan fingerprint density at radius 1 is 0.939 bits per heavy atom. The molecule has 0 heterocycles. The molecule has 1 aromatic rings. The minimum atomic E-state index is -1.31. The van der Waals surface area contributed by atoms with Crippen molar-refractivity contribution < 1.29 is 34.2 Å². The van der Waals surface area contributed by atoms with Gasteiger partial charge in [0.05, 0.1) is 6.54 Å². The molecule has 7 N–H and O–H groups in total. The SMILES string of the molecule is CCC(C)C(NC(=O)CN)C(=O)NC(CCC(=O)O)C(=O)NC(Cc1ccccc1)C(=O)O. The maximum atomic E-state index is 12.9. The van der Waals surface area contributed by atoms with Crippen LogP contribution in [0.4, 0.5) is 0 Å². The number of hydrogen-bond donors (Lipinski definition) is 6. The molecule has 0 aromatic heterocycles. The molecule has 11 nitrogen and oxygen atoms in total. The van der Waals surface area contributed by atoms with E-state index in [1.54, 1.807) is 37.3 Å². The number of aliphatic carboxylic acids is 2. The van der Waals surface area contributed by atoms with E-state index in [2.05, 4.69) is 16.0 Å². The highest BCUT2D eigenvalue weighted by Crippen LogP contribution is 2.10. The molecule has 3 amide bonds. The van der Waals surface area contributed by atoms with Gasteiger partial charge in [0.1, 0.15) is 18.1 Å². The Morgan fingerprint density at radius 3 is 2.06 bits per heavy atom. The normalized spacial score (nSPS) is 14.3. The highest BCUT2D eigenvalue weighted by atomic mass is 16.4. The molecule has 182 valence electrons. The van der Waals surface area contributed by atoms with Crippen molar-refractivity contribution in [1.29, 1.82) is 0 Å². The Morgan fingerprint density at radius 2 is 1.55 bits per heavy atom. The Hall–Kier alpha value is -3.47. The highest BCUT2D eigenvalue weighted by Gasteiger charge is 2.31. The van der Waals surface area contributed by atoms with Crippen LogP contribution in [-0.4, -0.2) is 64.5 Å². The van der Waals surface area contributed by atoms with Crippen molar-refractivity contribution in [2.75, 3.05) is 6.54 Å². The molecular weight excluding hydrogens is 432 g/mol. The van der Waals surface area contributed by atoms with Crippen molar-refractivity contribution in [1.82, 2.24) is 16.0 Å². The molecule has 4 atom stereocenters. The summed E-state index contributed by atoms with van der Waals surface area (Å²) < 4.78 is 0. The summed E-state index contributed by atoms with van der Waals surface area (Å²) in [6.07, 6.45) is -0.156. The third-order valence-electron chi connectivity index (χ3n) is 5.17. The standard InChI is InChI=1S/C22H32N4O7/c1-3-13(2)19(26-17(27)12-23)21(31)24-15(9-10-18(28)29)20(30)25-16(22(32)33)11-14-7-5-4-6-8-14/h4-8,13,15-16,19H,3,9-12,23H2,1-2H3,(H,24,31)(H,25,30)(H,26,27)(H,28,29)(H,32,33). The van der Waals surface area contributed by atoms with Gasteiger partial charge in [0.25, 0.3) is 0 Å². The molecule has 0 fully saturated rings. The van der Waals surface area contributed by atoms with Gasteiger partial charge in [-0.2, -0.15) is 0 Å². The van der Waals surface area contributed by atoms with E-state index in [1.807, 2.05) is 6.92 Å². The van der Waals surface area contributed by atoms with Crippen molar-refractivity contribution in [2.45, 2.75) is 57.7 Å². The van der Waals surface area contributed by atoms with Crippen LogP contribution in [0.5, 0.6) is 0 Å². The number of benzene rings is 1. The topological polar surface area (TPSA) is 188 Å². The summed E-state index contributed by atoms with van der Waals surface area (Å²) in [5, 5.41) is 25.9. The first kappa shape index (κ1) is 27.6. The number of rotatable bonds is 14. The van der Waals surface area contributed by atoms with Crippen LogP contribution in [0.25, 0.3) is 0 Å². The number of nitrogens with two attached hydrogens (primary N) is 1. The monoisotopic (exact) mass is 464 g/mol. The summed E-state index contributed by atoms with van der Waals surface area (Å²) >= 11 is 0. The van der Waals surface area contributed by atoms with Crippen molar-refractivity contribution in [3.63, 3.8) is 0 Å². The number of carboxylic acids is 2. The predicted molar refractivity (Wildman–Crippen MR) is 119 cm³/mol. The number of amides is 3. The minimum absolute atomic E-state index is 0.00353. The number of nitrogens with one attached hydrogen (secondary N) is 3. The summed E-state index contributed by atoms with van der Waals surface area (Å²) in [6, 6.07) is 5.06. The van der Waals surface area contributed by atoms with Crippen LogP contribution in [0.15, 0.2) is 30.3 Å². The van der Waals surface area contributed by atoms with Gasteiger partial charge in [0.2, 0.25) is 17.7 Å². The zero-order chi connectivity index (χ0) is 25.0. The minimum Gasteiger partial charge on any atom is -0.481 e. The average molecular weight is 465 g/mol. The van der Waals surface area contributed by atoms with Crippen molar-refractivity contribution >= 4 is 29.7 Å². The van der Waals surface area contributed by atoms with E-state index in [-0.39, 0.29) is 25.3 Å². The van der Waals surface area contributed by atoms with E-state index >= 15 is 0 Å². The van der Waals surface area contributed by atoms with E-state index in [1.165, 1.54) is 0 Å². The Balaban J connectivity index is 3.01. The van der Waals surface area contributed by atoms with Crippen LogP contribution in [0.3, 0.4) is 0 Å². The first-order valence-corrected chi connectivity index (χ1v) is 10.7. The fourth-order valence-corrected chi connectivity index (χ4v) is 3.05. The summed E-state index contributed by atoms with van der Waals surface area (Å²) in [4.78, 5) is 60.2. The summed E-state index contributed by atoms with van der Waals surface area (Å²) in [5.74, 6) is -4.84. The number of carbonyl (C=O) groups excluding carboxylic acids is 3. The third kappa shape index (κ3) is 9.69. The summed E-state index contributed by atoms with van der Waals surface area (Å²) in [7, 11) is 0. The quantitative estimate of drug-likeness (QED) is 0.215. The molecule has 0 aliphatic carbocycles. The van der Waals surface area contributed by atoms with Crippen molar-refractivity contribution in [3.05, 3.63) is 35.9 Å². The van der Waals surface area contributed by atoms with Gasteiger partial charge in [-0.3, -0.25) is 19.2 Å². The van der Waals surface area contributed by atoms with Gasteiger partial charge in [-0.05, 0) is 17.9 Å². The third-order valence-corrected chi connectivity index (χ3v) is 5.17. The van der Waals surface area contributed by atoms with E-state index < -0.39 is 54.2 Å². The first-order chi connectivity index (χ1) is 15.6. The molecule has 4 unspecified atom stereocenters. The van der Waals surface area contributed by atoms with Crippen molar-refractivity contribution in [3.8, 4) is 0 Å². The first-order valence-electron chi connectivity index (χ1n) is 10.7. The molecule has 0 saturated heterocycles. The number of carbonyl (C=O) groups is 5. The zero-order valence-electron chi connectivity index (χ0n) is 18.7. The maximum Gasteiger partial charge on any atom is 0.326 e. The molecule has 0 aliphatic heterocycles. The van der Waals surface area contributed by atoms with Gasteiger partial charge < -0.3 is 31.9 Å². The lowest BCUT2D eigenvalue weighted by molar-refractivity contribution is -0.143. The lowest BCUT2D eigenvalue weighted by Crippen LogP contribution is -2.57. The van der Waals surface area contributed by atoms with Crippen molar-refractivity contribution in [2.24, 2.45) is 11.7 Å². The molecule has 11 heteroatoms. The fraction of sp³-hybridized carbons (Fsp3) is 0.500. The molecular formula is C22H32N4O7. The Labute approximate surface area is 192 Å². The fourth-order valence-electron chi connectivity index (χ4n) is 3.05.